The molecule has 36 heavy (non-hydrogen) atoms. The first-order valence-corrected chi connectivity index (χ1v) is 12.0. The standard InChI is InChI=1S/C29H26N6O/c1-2-18-35(20-21-10-4-3-5-11-21)29(36)32-22-14-15-23-26(19-22)34-28(25-13-7-9-17-31-25)27(33-23)24-12-6-8-16-30-24/h3-17,19H,2,18,20H2,1H3,(H,32,36). The highest BCUT2D eigenvalue weighted by molar-refractivity contribution is 5.93. The highest BCUT2D eigenvalue weighted by Crippen LogP contribution is 2.29. The van der Waals surface area contributed by atoms with Crippen molar-refractivity contribution in [1.29, 1.82) is 0 Å². The van der Waals surface area contributed by atoms with E-state index in [2.05, 4.69) is 22.2 Å². The van der Waals surface area contributed by atoms with Crippen LogP contribution in [0.1, 0.15) is 18.9 Å². The van der Waals surface area contributed by atoms with Gasteiger partial charge in [0.15, 0.2) is 0 Å². The third-order valence-corrected chi connectivity index (χ3v) is 5.73. The van der Waals surface area contributed by atoms with Crippen LogP contribution in [0, 0.1) is 0 Å². The molecule has 0 bridgehead atoms. The molecule has 0 aliphatic rings. The quantitative estimate of drug-likeness (QED) is 0.304. The minimum Gasteiger partial charge on any atom is -0.320 e. The van der Waals surface area contributed by atoms with E-state index >= 15 is 0 Å². The van der Waals surface area contributed by atoms with Crippen molar-refractivity contribution in [3.63, 3.8) is 0 Å². The van der Waals surface area contributed by atoms with Crippen molar-refractivity contribution in [2.45, 2.75) is 19.9 Å². The Morgan fingerprint density at radius 1 is 0.778 bits per heavy atom. The van der Waals surface area contributed by atoms with Crippen LogP contribution in [0.3, 0.4) is 0 Å². The summed E-state index contributed by atoms with van der Waals surface area (Å²) in [6, 6.07) is 26.8. The van der Waals surface area contributed by atoms with Gasteiger partial charge in [0.1, 0.15) is 11.4 Å². The summed E-state index contributed by atoms with van der Waals surface area (Å²) in [6.07, 6.45) is 4.34. The molecule has 5 rings (SSSR count). The van der Waals surface area contributed by atoms with E-state index in [-0.39, 0.29) is 6.03 Å². The average Bonchev–Trinajstić information content (AvgIpc) is 2.93. The minimum atomic E-state index is -0.150. The molecule has 7 nitrogen and oxygen atoms in total. The number of amides is 2. The highest BCUT2D eigenvalue weighted by atomic mass is 16.2. The Morgan fingerprint density at radius 3 is 2.03 bits per heavy atom. The van der Waals surface area contributed by atoms with E-state index in [0.29, 0.717) is 46.9 Å². The van der Waals surface area contributed by atoms with E-state index in [1.807, 2.05) is 89.8 Å². The van der Waals surface area contributed by atoms with Gasteiger partial charge in [-0.1, -0.05) is 49.4 Å². The second-order valence-corrected chi connectivity index (χ2v) is 8.39. The number of hydrogen-bond donors (Lipinski definition) is 1. The van der Waals surface area contributed by atoms with E-state index in [0.717, 1.165) is 17.7 Å². The molecule has 2 aromatic carbocycles. The number of urea groups is 1. The van der Waals surface area contributed by atoms with Crippen LogP contribution in [0.4, 0.5) is 10.5 Å². The van der Waals surface area contributed by atoms with Gasteiger partial charge >= 0.3 is 6.03 Å². The van der Waals surface area contributed by atoms with Crippen LogP contribution < -0.4 is 5.32 Å². The first-order chi connectivity index (χ1) is 17.7. The Kier molecular flexibility index (Phi) is 6.89. The number of hydrogen-bond acceptors (Lipinski definition) is 5. The Bertz CT molecular complexity index is 1460. The van der Waals surface area contributed by atoms with Crippen LogP contribution in [0.2, 0.25) is 0 Å². The van der Waals surface area contributed by atoms with Gasteiger partial charge in [-0.3, -0.25) is 9.97 Å². The third-order valence-electron chi connectivity index (χ3n) is 5.73. The number of nitrogens with zero attached hydrogens (tertiary/aromatic N) is 5. The van der Waals surface area contributed by atoms with Crippen molar-refractivity contribution >= 4 is 22.8 Å². The number of anilines is 1. The minimum absolute atomic E-state index is 0.150. The fourth-order valence-electron chi connectivity index (χ4n) is 4.02. The molecule has 7 heteroatoms. The number of rotatable bonds is 7. The lowest BCUT2D eigenvalue weighted by atomic mass is 10.1. The Hall–Kier alpha value is -4.65. The van der Waals surface area contributed by atoms with Crippen LogP contribution >= 0.6 is 0 Å². The predicted octanol–water partition coefficient (Wildman–Crippen LogP) is 6.20. The van der Waals surface area contributed by atoms with Gasteiger partial charge in [0.25, 0.3) is 0 Å². The van der Waals surface area contributed by atoms with E-state index < -0.39 is 0 Å². The van der Waals surface area contributed by atoms with Crippen molar-refractivity contribution < 1.29 is 4.79 Å². The smallest absolute Gasteiger partial charge is 0.320 e. The monoisotopic (exact) mass is 474 g/mol. The molecule has 0 saturated carbocycles. The molecule has 0 unspecified atom stereocenters. The first-order valence-electron chi connectivity index (χ1n) is 12.0. The van der Waals surface area contributed by atoms with Gasteiger partial charge in [-0.25, -0.2) is 14.8 Å². The fraction of sp³-hybridized carbons (Fsp3) is 0.138. The molecule has 3 heterocycles. The second-order valence-electron chi connectivity index (χ2n) is 8.39. The van der Waals surface area contributed by atoms with Gasteiger partial charge < -0.3 is 10.2 Å². The van der Waals surface area contributed by atoms with Crippen LogP contribution in [-0.2, 0) is 6.54 Å². The number of aromatic nitrogens is 4. The molecule has 0 atom stereocenters. The average molecular weight is 475 g/mol. The maximum Gasteiger partial charge on any atom is 0.322 e. The molecule has 0 fully saturated rings. The summed E-state index contributed by atoms with van der Waals surface area (Å²) in [5, 5.41) is 3.04. The summed E-state index contributed by atoms with van der Waals surface area (Å²) in [5.74, 6) is 0. The molecule has 0 radical (unpaired) electrons. The fourth-order valence-corrected chi connectivity index (χ4v) is 4.02. The maximum atomic E-state index is 13.1. The van der Waals surface area contributed by atoms with Gasteiger partial charge in [0, 0.05) is 31.2 Å². The Morgan fingerprint density at radius 2 is 1.42 bits per heavy atom. The maximum absolute atomic E-state index is 13.1. The Labute approximate surface area is 209 Å². The third kappa shape index (κ3) is 5.20. The van der Waals surface area contributed by atoms with Gasteiger partial charge in [-0.15, -0.1) is 0 Å². The molecular formula is C29H26N6O. The zero-order valence-electron chi connectivity index (χ0n) is 20.0. The van der Waals surface area contributed by atoms with E-state index in [4.69, 9.17) is 9.97 Å². The van der Waals surface area contributed by atoms with E-state index in [1.165, 1.54) is 0 Å². The zero-order chi connectivity index (χ0) is 24.7. The summed E-state index contributed by atoms with van der Waals surface area (Å²) in [5.41, 5.74) is 5.86. The molecule has 0 spiro atoms. The second kappa shape index (κ2) is 10.7. The number of carbonyl (C=O) groups excluding carboxylic acids is 1. The zero-order valence-corrected chi connectivity index (χ0v) is 20.0. The lowest BCUT2D eigenvalue weighted by molar-refractivity contribution is 0.209. The SMILES string of the molecule is CCCN(Cc1ccccc1)C(=O)Nc1ccc2nc(-c3ccccn3)c(-c3ccccn3)nc2c1. The molecule has 3 aromatic heterocycles. The molecule has 1 N–H and O–H groups in total. The topological polar surface area (TPSA) is 83.9 Å². The first kappa shape index (κ1) is 23.1. The van der Waals surface area contributed by atoms with Gasteiger partial charge in [0.2, 0.25) is 0 Å². The normalized spacial score (nSPS) is 10.8. The predicted molar refractivity (Wildman–Crippen MR) is 142 cm³/mol. The van der Waals surface area contributed by atoms with Crippen LogP contribution in [0.25, 0.3) is 33.8 Å². The molecular weight excluding hydrogens is 448 g/mol. The summed E-state index contributed by atoms with van der Waals surface area (Å²) in [7, 11) is 0. The Balaban J connectivity index is 1.48. The van der Waals surface area contributed by atoms with E-state index in [9.17, 15) is 4.79 Å². The van der Waals surface area contributed by atoms with Crippen molar-refractivity contribution in [3.8, 4) is 22.8 Å². The van der Waals surface area contributed by atoms with Crippen LogP contribution in [0.15, 0.2) is 97.3 Å². The number of benzene rings is 2. The van der Waals surface area contributed by atoms with E-state index in [1.54, 1.807) is 12.4 Å². The summed E-state index contributed by atoms with van der Waals surface area (Å²) in [6.45, 7) is 3.27. The number of nitrogens with one attached hydrogen (secondary N) is 1. The van der Waals surface area contributed by atoms with Gasteiger partial charge in [0.05, 0.1) is 22.4 Å². The van der Waals surface area contributed by atoms with Crippen molar-refractivity contribution in [1.82, 2.24) is 24.8 Å². The molecule has 2 amide bonds. The van der Waals surface area contributed by atoms with Crippen LogP contribution in [-0.4, -0.2) is 37.4 Å². The largest absolute Gasteiger partial charge is 0.322 e. The molecule has 0 aliphatic carbocycles. The van der Waals surface area contributed by atoms with Gasteiger partial charge in [-0.05, 0) is 54.4 Å². The highest BCUT2D eigenvalue weighted by Gasteiger charge is 2.17. The number of carbonyl (C=O) groups is 1. The number of fused-ring (bicyclic) bond motifs is 1. The summed E-state index contributed by atoms with van der Waals surface area (Å²) < 4.78 is 0. The van der Waals surface area contributed by atoms with Crippen molar-refractivity contribution in [2.24, 2.45) is 0 Å². The molecule has 0 saturated heterocycles. The van der Waals surface area contributed by atoms with Gasteiger partial charge in [-0.2, -0.15) is 0 Å². The lowest BCUT2D eigenvalue weighted by Gasteiger charge is -2.23. The lowest BCUT2D eigenvalue weighted by Crippen LogP contribution is -2.35. The molecule has 5 aromatic rings. The summed E-state index contributed by atoms with van der Waals surface area (Å²) >= 11 is 0. The summed E-state index contributed by atoms with van der Waals surface area (Å²) in [4.78, 5) is 33.7. The molecule has 0 aliphatic heterocycles. The van der Waals surface area contributed by atoms with Crippen molar-refractivity contribution in [2.75, 3.05) is 11.9 Å². The number of pyridine rings is 2. The molecule has 178 valence electrons. The van der Waals surface area contributed by atoms with Crippen LogP contribution in [0.5, 0.6) is 0 Å². The van der Waals surface area contributed by atoms with Crippen molar-refractivity contribution in [3.05, 3.63) is 103 Å².